The molecule has 2 N–H and O–H groups in total. The van der Waals surface area contributed by atoms with Gasteiger partial charge in [0.15, 0.2) is 0 Å². The van der Waals surface area contributed by atoms with Gasteiger partial charge in [-0.15, -0.1) is 0 Å². The summed E-state index contributed by atoms with van der Waals surface area (Å²) in [5.41, 5.74) is 0.503. The van der Waals surface area contributed by atoms with E-state index in [9.17, 15) is 27.6 Å². The highest BCUT2D eigenvalue weighted by Gasteiger charge is 2.37. The van der Waals surface area contributed by atoms with Gasteiger partial charge in [-0.1, -0.05) is 30.3 Å². The first-order valence-corrected chi connectivity index (χ1v) is 11.2. The number of ether oxygens (including phenoxy) is 1. The van der Waals surface area contributed by atoms with Gasteiger partial charge >= 0.3 is 6.18 Å². The molecule has 1 unspecified atom stereocenters. The van der Waals surface area contributed by atoms with Gasteiger partial charge in [0.05, 0.1) is 30.5 Å². The number of amides is 3. The maximum atomic E-state index is 13.3. The number of nitrogens with one attached hydrogen (secondary N) is 2. The van der Waals surface area contributed by atoms with Crippen LogP contribution in [0.5, 0.6) is 5.75 Å². The van der Waals surface area contributed by atoms with Gasteiger partial charge in [0.1, 0.15) is 11.8 Å². The maximum Gasteiger partial charge on any atom is 0.416 e. The molecule has 0 fully saturated rings. The third kappa shape index (κ3) is 5.97. The maximum absolute atomic E-state index is 13.3. The number of anilines is 3. The first kappa shape index (κ1) is 25.5. The Balaban J connectivity index is 1.57. The zero-order chi connectivity index (χ0) is 26.6. The molecule has 0 saturated carbocycles. The van der Waals surface area contributed by atoms with Crippen LogP contribution in [0.1, 0.15) is 17.5 Å². The van der Waals surface area contributed by atoms with E-state index in [4.69, 9.17) is 4.74 Å². The lowest BCUT2D eigenvalue weighted by Crippen LogP contribution is -2.52. The Bertz CT molecular complexity index is 1350. The second-order valence-corrected chi connectivity index (χ2v) is 8.17. The Kier molecular flexibility index (Phi) is 7.28. The molecule has 0 radical (unpaired) electrons. The van der Waals surface area contributed by atoms with Crippen LogP contribution in [0.4, 0.5) is 30.2 Å². The quantitative estimate of drug-likeness (QED) is 0.452. The normalized spacial score (nSPS) is 15.2. The van der Waals surface area contributed by atoms with E-state index in [-0.39, 0.29) is 5.69 Å². The zero-order valence-electron chi connectivity index (χ0n) is 19.6. The summed E-state index contributed by atoms with van der Waals surface area (Å²) in [6, 6.07) is 16.5. The molecule has 3 amide bonds. The monoisotopic (exact) mass is 509 g/mol. The molecule has 0 aromatic heterocycles. The number of hydrogen-bond acceptors (Lipinski definition) is 4. The number of methoxy groups -OCH3 is 1. The van der Waals surface area contributed by atoms with Crippen molar-refractivity contribution in [2.45, 2.75) is 18.6 Å². The van der Waals surface area contributed by atoms with E-state index >= 15 is 0 Å². The highest BCUT2D eigenvalue weighted by molar-refractivity contribution is 6.16. The number of alkyl halides is 3. The minimum Gasteiger partial charge on any atom is -0.497 e. The minimum absolute atomic E-state index is 0.0753. The molecule has 1 aliphatic rings. The Labute approximate surface area is 210 Å². The summed E-state index contributed by atoms with van der Waals surface area (Å²) in [7, 11) is 1.54. The number of carbonyl (C=O) groups is 3. The van der Waals surface area contributed by atoms with Crippen molar-refractivity contribution in [2.24, 2.45) is 0 Å². The van der Waals surface area contributed by atoms with Crippen LogP contribution < -0.4 is 20.3 Å². The molecule has 190 valence electrons. The Hall–Kier alpha value is -4.60. The van der Waals surface area contributed by atoms with Gasteiger partial charge in [-0.05, 0) is 54.1 Å². The second kappa shape index (κ2) is 10.6. The predicted molar refractivity (Wildman–Crippen MR) is 133 cm³/mol. The fourth-order valence-corrected chi connectivity index (χ4v) is 3.87. The van der Waals surface area contributed by atoms with E-state index < -0.39 is 41.9 Å². The smallest absolute Gasteiger partial charge is 0.416 e. The number of benzene rings is 3. The van der Waals surface area contributed by atoms with Crippen LogP contribution in [0.15, 0.2) is 78.9 Å². The number of carbonyl (C=O) groups excluding carboxylic acids is 3. The van der Waals surface area contributed by atoms with E-state index in [2.05, 4.69) is 10.6 Å². The SMILES string of the molecule is COc1ccc(/C=C/C(=O)N2c3ccccc3NC(=O)C2CC(=O)Nc2cccc(C(F)(F)F)c2)cc1. The lowest BCUT2D eigenvalue weighted by atomic mass is 10.0. The topological polar surface area (TPSA) is 87.7 Å². The number of fused-ring (bicyclic) bond motifs is 1. The van der Waals surface area contributed by atoms with Crippen molar-refractivity contribution >= 4 is 40.9 Å². The van der Waals surface area contributed by atoms with Crippen molar-refractivity contribution in [1.82, 2.24) is 0 Å². The molecule has 3 aromatic carbocycles. The van der Waals surface area contributed by atoms with Crippen LogP contribution >= 0.6 is 0 Å². The number of nitrogens with zero attached hydrogens (tertiary/aromatic N) is 1. The van der Waals surface area contributed by atoms with Crippen molar-refractivity contribution < 1.29 is 32.3 Å². The molecule has 0 spiro atoms. The Morgan fingerprint density at radius 2 is 1.78 bits per heavy atom. The van der Waals surface area contributed by atoms with Gasteiger partial charge in [0, 0.05) is 11.8 Å². The van der Waals surface area contributed by atoms with Crippen LogP contribution in [-0.2, 0) is 20.6 Å². The molecule has 3 aromatic rings. The van der Waals surface area contributed by atoms with Gasteiger partial charge in [0.2, 0.25) is 11.8 Å². The molecule has 1 atom stereocenters. The van der Waals surface area contributed by atoms with E-state index in [1.807, 2.05) is 0 Å². The molecule has 37 heavy (non-hydrogen) atoms. The number of rotatable bonds is 6. The molecule has 1 heterocycles. The lowest BCUT2D eigenvalue weighted by Gasteiger charge is -2.35. The van der Waals surface area contributed by atoms with Crippen LogP contribution in [-0.4, -0.2) is 30.9 Å². The van der Waals surface area contributed by atoms with Crippen LogP contribution in [0.25, 0.3) is 6.08 Å². The lowest BCUT2D eigenvalue weighted by molar-refractivity contribution is -0.137. The first-order valence-electron chi connectivity index (χ1n) is 11.2. The molecule has 0 bridgehead atoms. The van der Waals surface area contributed by atoms with Gasteiger partial charge in [-0.25, -0.2) is 0 Å². The summed E-state index contributed by atoms with van der Waals surface area (Å²) in [5.74, 6) is -1.22. The summed E-state index contributed by atoms with van der Waals surface area (Å²) in [4.78, 5) is 40.2. The zero-order valence-corrected chi connectivity index (χ0v) is 19.6. The van der Waals surface area contributed by atoms with Crippen molar-refractivity contribution in [3.63, 3.8) is 0 Å². The number of halogens is 3. The van der Waals surface area contributed by atoms with E-state index in [0.29, 0.717) is 22.7 Å². The summed E-state index contributed by atoms with van der Waals surface area (Å²) < 4.78 is 44.2. The van der Waals surface area contributed by atoms with Crippen molar-refractivity contribution in [3.05, 3.63) is 90.0 Å². The molecule has 4 rings (SSSR count). The van der Waals surface area contributed by atoms with E-state index in [1.54, 1.807) is 54.6 Å². The highest BCUT2D eigenvalue weighted by atomic mass is 19.4. The molecule has 10 heteroatoms. The van der Waals surface area contributed by atoms with E-state index in [1.165, 1.54) is 30.2 Å². The van der Waals surface area contributed by atoms with Gasteiger partial charge in [-0.3, -0.25) is 19.3 Å². The molecular formula is C27H22F3N3O4. The second-order valence-electron chi connectivity index (χ2n) is 8.17. The third-order valence-corrected chi connectivity index (χ3v) is 5.66. The first-order chi connectivity index (χ1) is 17.7. The largest absolute Gasteiger partial charge is 0.497 e. The number of para-hydroxylation sites is 2. The van der Waals surface area contributed by atoms with E-state index in [0.717, 1.165) is 12.1 Å². The van der Waals surface area contributed by atoms with Crippen LogP contribution in [0.2, 0.25) is 0 Å². The minimum atomic E-state index is -4.58. The van der Waals surface area contributed by atoms with Gasteiger partial charge in [-0.2, -0.15) is 13.2 Å². The van der Waals surface area contributed by atoms with Crippen LogP contribution in [0.3, 0.4) is 0 Å². The summed E-state index contributed by atoms with van der Waals surface area (Å²) in [6.07, 6.45) is -2.20. The van der Waals surface area contributed by atoms with Gasteiger partial charge < -0.3 is 15.4 Å². The average molecular weight is 509 g/mol. The van der Waals surface area contributed by atoms with Crippen molar-refractivity contribution in [2.75, 3.05) is 22.6 Å². The fraction of sp³-hybridized carbons (Fsp3) is 0.148. The van der Waals surface area contributed by atoms with Crippen molar-refractivity contribution in [1.29, 1.82) is 0 Å². The third-order valence-electron chi connectivity index (χ3n) is 5.66. The summed E-state index contributed by atoms with van der Waals surface area (Å²) in [5, 5.41) is 5.07. The summed E-state index contributed by atoms with van der Waals surface area (Å²) >= 11 is 0. The predicted octanol–water partition coefficient (Wildman–Crippen LogP) is 5.11. The molecule has 0 aliphatic carbocycles. The Morgan fingerprint density at radius 1 is 1.05 bits per heavy atom. The average Bonchev–Trinajstić information content (AvgIpc) is 2.87. The molecule has 1 aliphatic heterocycles. The molecule has 0 saturated heterocycles. The molecule has 7 nitrogen and oxygen atoms in total. The van der Waals surface area contributed by atoms with Crippen LogP contribution in [0, 0.1) is 0 Å². The highest BCUT2D eigenvalue weighted by Crippen LogP contribution is 2.34. The standard InChI is InChI=1S/C27H22F3N3O4/c1-37-20-12-9-17(10-13-20)11-14-25(35)33-22-8-3-2-7-21(22)32-26(36)23(33)16-24(34)31-19-6-4-5-18(15-19)27(28,29)30/h2-15,23H,16H2,1H3,(H,31,34)(H,32,36)/b14-11+. The van der Waals surface area contributed by atoms with Gasteiger partial charge in [0.25, 0.3) is 5.91 Å². The fourth-order valence-electron chi connectivity index (χ4n) is 3.87. The van der Waals surface area contributed by atoms with Crippen molar-refractivity contribution in [3.8, 4) is 5.75 Å². The molecular weight excluding hydrogens is 487 g/mol. The summed E-state index contributed by atoms with van der Waals surface area (Å²) in [6.45, 7) is 0. The number of hydrogen-bond donors (Lipinski definition) is 2. The Morgan fingerprint density at radius 3 is 2.49 bits per heavy atom.